The lowest BCUT2D eigenvalue weighted by atomic mass is 9.46. The van der Waals surface area contributed by atoms with Crippen LogP contribution in [0.3, 0.4) is 0 Å². The van der Waals surface area contributed by atoms with Gasteiger partial charge in [0.05, 0.1) is 6.61 Å². The van der Waals surface area contributed by atoms with Gasteiger partial charge >= 0.3 is 0 Å². The first-order chi connectivity index (χ1) is 11.1. The van der Waals surface area contributed by atoms with Crippen molar-refractivity contribution < 1.29 is 4.74 Å². The Bertz CT molecular complexity index is 482. The van der Waals surface area contributed by atoms with E-state index in [1.807, 2.05) is 0 Å². The fourth-order valence-electron chi connectivity index (χ4n) is 4.69. The van der Waals surface area contributed by atoms with Crippen LogP contribution in [0, 0.1) is 23.2 Å². The molecule has 3 aliphatic rings. The first kappa shape index (κ1) is 17.0. The van der Waals surface area contributed by atoms with Gasteiger partial charge in [0.25, 0.3) is 0 Å². The van der Waals surface area contributed by atoms with Gasteiger partial charge in [0.15, 0.2) is 0 Å². The van der Waals surface area contributed by atoms with Gasteiger partial charge < -0.3 is 9.64 Å². The molecule has 0 radical (unpaired) electrons. The third kappa shape index (κ3) is 3.97. The van der Waals surface area contributed by atoms with E-state index in [4.69, 9.17) is 4.74 Å². The van der Waals surface area contributed by atoms with Gasteiger partial charge in [-0.3, -0.25) is 0 Å². The number of ether oxygens (including phenoxy) is 1. The van der Waals surface area contributed by atoms with Crippen LogP contribution < -0.4 is 0 Å². The minimum atomic E-state index is 0.582. The van der Waals surface area contributed by atoms with Gasteiger partial charge in [-0.1, -0.05) is 44.2 Å². The van der Waals surface area contributed by atoms with Crippen molar-refractivity contribution in [3.63, 3.8) is 0 Å². The number of fused-ring (bicyclic) bond motifs is 2. The van der Waals surface area contributed by atoms with Crippen LogP contribution in [0.5, 0.6) is 0 Å². The Morgan fingerprint density at radius 3 is 2.61 bits per heavy atom. The SMILES string of the molecule is CN(CCOC[C@H]1CC[C@H]2C[C@H]1C2(C)C)CCc1ccccc1. The molecule has 23 heavy (non-hydrogen) atoms. The molecule has 4 rings (SSSR count). The molecular weight excluding hydrogens is 282 g/mol. The Morgan fingerprint density at radius 1 is 1.13 bits per heavy atom. The van der Waals surface area contributed by atoms with Crippen LogP contribution >= 0.6 is 0 Å². The van der Waals surface area contributed by atoms with E-state index < -0.39 is 0 Å². The molecule has 1 aromatic rings. The van der Waals surface area contributed by atoms with Crippen LogP contribution in [-0.2, 0) is 11.2 Å². The van der Waals surface area contributed by atoms with E-state index >= 15 is 0 Å². The van der Waals surface area contributed by atoms with Crippen LogP contribution in [0.1, 0.15) is 38.7 Å². The van der Waals surface area contributed by atoms with Crippen molar-refractivity contribution in [1.29, 1.82) is 0 Å². The molecule has 0 heterocycles. The second kappa shape index (κ2) is 7.36. The summed E-state index contributed by atoms with van der Waals surface area (Å²) in [6, 6.07) is 10.7. The highest BCUT2D eigenvalue weighted by molar-refractivity contribution is 5.14. The average Bonchev–Trinajstić information content (AvgIpc) is 2.58. The first-order valence-corrected chi connectivity index (χ1v) is 9.37. The van der Waals surface area contributed by atoms with E-state index in [-0.39, 0.29) is 0 Å². The Hall–Kier alpha value is -0.860. The summed E-state index contributed by atoms with van der Waals surface area (Å²) >= 11 is 0. The molecular formula is C21H33NO. The molecule has 0 spiro atoms. The molecule has 0 saturated heterocycles. The number of hydrogen-bond acceptors (Lipinski definition) is 2. The molecule has 0 aromatic heterocycles. The maximum absolute atomic E-state index is 6.04. The second-order valence-corrected chi connectivity index (χ2v) is 8.31. The largest absolute Gasteiger partial charge is 0.380 e. The lowest BCUT2D eigenvalue weighted by Crippen LogP contribution is -2.53. The van der Waals surface area contributed by atoms with Crippen molar-refractivity contribution in [2.75, 3.05) is 33.4 Å². The van der Waals surface area contributed by atoms with E-state index in [1.54, 1.807) is 0 Å². The lowest BCUT2D eigenvalue weighted by Gasteiger charge is -2.60. The fraction of sp³-hybridized carbons (Fsp3) is 0.714. The van der Waals surface area contributed by atoms with Crippen molar-refractivity contribution in [3.8, 4) is 0 Å². The third-order valence-corrected chi connectivity index (χ3v) is 6.58. The zero-order valence-electron chi connectivity index (χ0n) is 15.1. The summed E-state index contributed by atoms with van der Waals surface area (Å²) in [5.74, 6) is 2.72. The molecule has 3 aliphatic carbocycles. The molecule has 0 amide bonds. The fourth-order valence-corrected chi connectivity index (χ4v) is 4.69. The quantitative estimate of drug-likeness (QED) is 0.665. The molecule has 3 saturated carbocycles. The molecule has 128 valence electrons. The summed E-state index contributed by atoms with van der Waals surface area (Å²) in [6.45, 7) is 8.93. The van der Waals surface area contributed by atoms with Gasteiger partial charge in [-0.25, -0.2) is 0 Å². The number of nitrogens with zero attached hydrogens (tertiary/aromatic N) is 1. The zero-order valence-corrected chi connectivity index (χ0v) is 15.1. The van der Waals surface area contributed by atoms with Gasteiger partial charge in [0.1, 0.15) is 0 Å². The smallest absolute Gasteiger partial charge is 0.0593 e. The van der Waals surface area contributed by atoms with E-state index in [0.29, 0.717) is 5.41 Å². The first-order valence-electron chi connectivity index (χ1n) is 9.37. The van der Waals surface area contributed by atoms with Crippen LogP contribution in [0.25, 0.3) is 0 Å². The standard InChI is InChI=1S/C21H33NO/c1-21(2)19-10-9-18(20(21)15-19)16-23-14-13-22(3)12-11-17-7-5-4-6-8-17/h4-8,18-20H,9-16H2,1-3H3/t18-,19+,20-/m1/s1. The summed E-state index contributed by atoms with van der Waals surface area (Å²) in [5, 5.41) is 0. The van der Waals surface area contributed by atoms with E-state index in [9.17, 15) is 0 Å². The summed E-state index contributed by atoms with van der Waals surface area (Å²) in [6.07, 6.45) is 5.40. The van der Waals surface area contributed by atoms with Crippen molar-refractivity contribution in [1.82, 2.24) is 4.90 Å². The molecule has 2 bridgehead atoms. The lowest BCUT2D eigenvalue weighted by molar-refractivity contribution is -0.124. The van der Waals surface area contributed by atoms with Crippen molar-refractivity contribution >= 4 is 0 Å². The van der Waals surface area contributed by atoms with Gasteiger partial charge in [-0.2, -0.15) is 0 Å². The van der Waals surface area contributed by atoms with Crippen molar-refractivity contribution in [2.24, 2.45) is 23.2 Å². The normalized spacial score (nSPS) is 28.6. The zero-order chi connectivity index (χ0) is 16.3. The summed E-state index contributed by atoms with van der Waals surface area (Å²) in [5.41, 5.74) is 2.00. The topological polar surface area (TPSA) is 12.5 Å². The van der Waals surface area contributed by atoms with E-state index in [0.717, 1.165) is 50.5 Å². The molecule has 2 heteroatoms. The average molecular weight is 316 g/mol. The second-order valence-electron chi connectivity index (χ2n) is 8.31. The third-order valence-electron chi connectivity index (χ3n) is 6.58. The number of rotatable bonds is 8. The molecule has 2 nitrogen and oxygen atoms in total. The summed E-state index contributed by atoms with van der Waals surface area (Å²) in [4.78, 5) is 2.39. The summed E-state index contributed by atoms with van der Waals surface area (Å²) < 4.78 is 6.04. The van der Waals surface area contributed by atoms with Gasteiger partial charge in [-0.15, -0.1) is 0 Å². The predicted molar refractivity (Wildman–Crippen MR) is 96.6 cm³/mol. The van der Waals surface area contributed by atoms with Crippen molar-refractivity contribution in [2.45, 2.75) is 39.5 Å². The monoisotopic (exact) mass is 315 g/mol. The van der Waals surface area contributed by atoms with Gasteiger partial charge in [0, 0.05) is 19.7 Å². The minimum Gasteiger partial charge on any atom is -0.380 e. The highest BCUT2D eigenvalue weighted by atomic mass is 16.5. The van der Waals surface area contributed by atoms with E-state index in [1.165, 1.54) is 24.8 Å². The van der Waals surface area contributed by atoms with Crippen LogP contribution in [0.15, 0.2) is 30.3 Å². The Balaban J connectivity index is 1.29. The predicted octanol–water partition coefficient (Wildman–Crippen LogP) is 4.25. The Kier molecular flexibility index (Phi) is 5.43. The highest BCUT2D eigenvalue weighted by Gasteiger charge is 2.53. The molecule has 0 aliphatic heterocycles. The van der Waals surface area contributed by atoms with E-state index in [2.05, 4.69) is 56.1 Å². The number of hydrogen-bond donors (Lipinski definition) is 0. The molecule has 1 aromatic carbocycles. The highest BCUT2D eigenvalue weighted by Crippen LogP contribution is 2.61. The molecule has 0 unspecified atom stereocenters. The maximum Gasteiger partial charge on any atom is 0.0593 e. The molecule has 0 N–H and O–H groups in total. The van der Waals surface area contributed by atoms with Gasteiger partial charge in [0.2, 0.25) is 0 Å². The number of benzene rings is 1. The Morgan fingerprint density at radius 2 is 1.91 bits per heavy atom. The number of likely N-dealkylation sites (N-methyl/N-ethyl adjacent to an activating group) is 1. The Labute approximate surface area is 142 Å². The van der Waals surface area contributed by atoms with Crippen LogP contribution in [-0.4, -0.2) is 38.3 Å². The van der Waals surface area contributed by atoms with Crippen molar-refractivity contribution in [3.05, 3.63) is 35.9 Å². The summed E-state index contributed by atoms with van der Waals surface area (Å²) in [7, 11) is 2.20. The molecule has 3 atom stereocenters. The minimum absolute atomic E-state index is 0.582. The molecule has 3 fully saturated rings. The van der Waals surface area contributed by atoms with Gasteiger partial charge in [-0.05, 0) is 61.5 Å². The van der Waals surface area contributed by atoms with Crippen LogP contribution in [0.4, 0.5) is 0 Å². The maximum atomic E-state index is 6.04. The van der Waals surface area contributed by atoms with Crippen LogP contribution in [0.2, 0.25) is 0 Å².